The van der Waals surface area contributed by atoms with Crippen LogP contribution in [0, 0.1) is 11.8 Å². The molecule has 2 N–H and O–H groups in total. The van der Waals surface area contributed by atoms with Crippen molar-refractivity contribution in [1.29, 1.82) is 0 Å². The number of piperidine rings is 1. The topological polar surface area (TPSA) is 82.8 Å². The molecule has 0 aliphatic carbocycles. The summed E-state index contributed by atoms with van der Waals surface area (Å²) in [6.07, 6.45) is 1.25. The van der Waals surface area contributed by atoms with Crippen LogP contribution in [0.25, 0.3) is 0 Å². The van der Waals surface area contributed by atoms with Gasteiger partial charge in [-0.05, 0) is 30.4 Å². The van der Waals surface area contributed by atoms with Crippen LogP contribution >= 0.6 is 0 Å². The molecule has 1 aromatic heterocycles. The Hall–Kier alpha value is -1.82. The summed E-state index contributed by atoms with van der Waals surface area (Å²) in [6, 6.07) is 3.36. The molecule has 0 spiro atoms. The maximum Gasteiger partial charge on any atom is 0.322 e. The first-order chi connectivity index (χ1) is 9.94. The molecule has 1 aliphatic rings. The van der Waals surface area contributed by atoms with Gasteiger partial charge in [0.2, 0.25) is 0 Å². The van der Waals surface area contributed by atoms with E-state index in [0.717, 1.165) is 18.8 Å². The smallest absolute Gasteiger partial charge is 0.322 e. The number of carbonyl (C=O) groups excluding carboxylic acids is 1. The summed E-state index contributed by atoms with van der Waals surface area (Å²) in [5.74, 6) is 0.653. The lowest BCUT2D eigenvalue weighted by Gasteiger charge is -2.34. The standard InChI is InChI=1S/C15H22N2O4/c1-10-5-11(2)8-17(7-10)9-12-3-4-13(21-12)15(20)16-6-14(18)19/h3-4,10-11H,5-9H2,1-2H3,(H,16,20)(H,18,19). The number of nitrogens with one attached hydrogen (secondary N) is 1. The number of carboxylic acid groups (broad SMARTS) is 1. The van der Waals surface area contributed by atoms with Crippen molar-refractivity contribution in [2.24, 2.45) is 11.8 Å². The normalized spacial score (nSPS) is 23.0. The molecule has 0 bridgehead atoms. The first kappa shape index (κ1) is 15.6. The van der Waals surface area contributed by atoms with Crippen molar-refractivity contribution in [3.8, 4) is 0 Å². The Kier molecular flexibility index (Phi) is 5.01. The summed E-state index contributed by atoms with van der Waals surface area (Å²) in [4.78, 5) is 24.4. The molecular weight excluding hydrogens is 272 g/mol. The van der Waals surface area contributed by atoms with E-state index in [9.17, 15) is 9.59 Å². The minimum Gasteiger partial charge on any atom is -0.480 e. The van der Waals surface area contributed by atoms with E-state index < -0.39 is 18.4 Å². The highest BCUT2D eigenvalue weighted by atomic mass is 16.4. The lowest BCUT2D eigenvalue weighted by Crippen LogP contribution is -2.38. The van der Waals surface area contributed by atoms with E-state index in [-0.39, 0.29) is 5.76 Å². The van der Waals surface area contributed by atoms with E-state index in [1.165, 1.54) is 6.42 Å². The SMILES string of the molecule is CC1CC(C)CN(Cc2ccc(C(=O)NCC(=O)O)o2)C1. The van der Waals surface area contributed by atoms with Gasteiger partial charge >= 0.3 is 5.97 Å². The summed E-state index contributed by atoms with van der Waals surface area (Å²) in [5, 5.41) is 10.8. The third-order valence-electron chi connectivity index (χ3n) is 3.61. The average molecular weight is 294 g/mol. The molecule has 21 heavy (non-hydrogen) atoms. The Morgan fingerprint density at radius 2 is 2.00 bits per heavy atom. The fraction of sp³-hybridized carbons (Fsp3) is 0.600. The predicted octanol–water partition coefficient (Wildman–Crippen LogP) is 1.57. The van der Waals surface area contributed by atoms with Gasteiger partial charge in [-0.25, -0.2) is 0 Å². The third-order valence-corrected chi connectivity index (χ3v) is 3.61. The molecule has 6 nitrogen and oxygen atoms in total. The molecule has 2 heterocycles. The fourth-order valence-corrected chi connectivity index (χ4v) is 2.97. The van der Waals surface area contributed by atoms with Crippen LogP contribution in [-0.2, 0) is 11.3 Å². The minimum atomic E-state index is -1.08. The van der Waals surface area contributed by atoms with Crippen LogP contribution in [0.4, 0.5) is 0 Å². The van der Waals surface area contributed by atoms with Gasteiger partial charge in [0.1, 0.15) is 12.3 Å². The second-order valence-corrected chi connectivity index (χ2v) is 5.98. The average Bonchev–Trinajstić information content (AvgIpc) is 2.83. The van der Waals surface area contributed by atoms with Crippen molar-refractivity contribution < 1.29 is 19.1 Å². The Balaban J connectivity index is 1.90. The van der Waals surface area contributed by atoms with Gasteiger partial charge in [-0.15, -0.1) is 0 Å². The molecule has 0 aromatic carbocycles. The largest absolute Gasteiger partial charge is 0.480 e. The number of carbonyl (C=O) groups is 2. The lowest BCUT2D eigenvalue weighted by atomic mass is 9.92. The highest BCUT2D eigenvalue weighted by Crippen LogP contribution is 2.23. The van der Waals surface area contributed by atoms with E-state index >= 15 is 0 Å². The summed E-state index contributed by atoms with van der Waals surface area (Å²) in [6.45, 7) is 6.83. The van der Waals surface area contributed by atoms with Gasteiger partial charge < -0.3 is 14.8 Å². The molecule has 2 unspecified atom stereocenters. The highest BCUT2D eigenvalue weighted by molar-refractivity contribution is 5.93. The molecule has 116 valence electrons. The summed E-state index contributed by atoms with van der Waals surface area (Å²) in [7, 11) is 0. The van der Waals surface area contributed by atoms with Gasteiger partial charge in [0.25, 0.3) is 5.91 Å². The van der Waals surface area contributed by atoms with Gasteiger partial charge in [0.05, 0.1) is 6.54 Å². The van der Waals surface area contributed by atoms with Crippen LogP contribution in [0.1, 0.15) is 36.6 Å². The van der Waals surface area contributed by atoms with E-state index in [4.69, 9.17) is 9.52 Å². The van der Waals surface area contributed by atoms with E-state index in [2.05, 4.69) is 24.1 Å². The maximum absolute atomic E-state index is 11.7. The van der Waals surface area contributed by atoms with Crippen molar-refractivity contribution in [2.75, 3.05) is 19.6 Å². The third kappa shape index (κ3) is 4.60. The van der Waals surface area contributed by atoms with Gasteiger partial charge in [0, 0.05) is 13.1 Å². The van der Waals surface area contributed by atoms with Crippen LogP contribution in [0.15, 0.2) is 16.5 Å². The molecule has 1 saturated heterocycles. The summed E-state index contributed by atoms with van der Waals surface area (Å²) < 4.78 is 5.50. The molecule has 2 rings (SSSR count). The number of nitrogens with zero attached hydrogens (tertiary/aromatic N) is 1. The zero-order valence-electron chi connectivity index (χ0n) is 12.5. The molecule has 1 aromatic rings. The highest BCUT2D eigenvalue weighted by Gasteiger charge is 2.23. The first-order valence-corrected chi connectivity index (χ1v) is 7.25. The Bertz CT molecular complexity index is 502. The first-order valence-electron chi connectivity index (χ1n) is 7.25. The molecule has 1 fully saturated rings. The van der Waals surface area contributed by atoms with Crippen LogP contribution in [0.3, 0.4) is 0 Å². The second-order valence-electron chi connectivity index (χ2n) is 5.98. The second kappa shape index (κ2) is 6.76. The van der Waals surface area contributed by atoms with E-state index in [0.29, 0.717) is 18.4 Å². The number of hydrogen-bond donors (Lipinski definition) is 2. The maximum atomic E-state index is 11.7. The Morgan fingerprint density at radius 3 is 2.62 bits per heavy atom. The number of furan rings is 1. The zero-order valence-corrected chi connectivity index (χ0v) is 12.5. The van der Waals surface area contributed by atoms with E-state index in [1.807, 2.05) is 0 Å². The van der Waals surface area contributed by atoms with Crippen LogP contribution in [-0.4, -0.2) is 41.5 Å². The minimum absolute atomic E-state index is 0.157. The number of hydrogen-bond acceptors (Lipinski definition) is 4. The van der Waals surface area contributed by atoms with Crippen molar-refractivity contribution in [3.05, 3.63) is 23.7 Å². The zero-order chi connectivity index (χ0) is 15.4. The van der Waals surface area contributed by atoms with Crippen LogP contribution in [0.2, 0.25) is 0 Å². The number of amides is 1. The molecule has 0 radical (unpaired) electrons. The van der Waals surface area contributed by atoms with Crippen molar-refractivity contribution in [1.82, 2.24) is 10.2 Å². The molecule has 2 atom stereocenters. The van der Waals surface area contributed by atoms with Gasteiger partial charge in [0.15, 0.2) is 5.76 Å². The number of aliphatic carboxylic acids is 1. The molecule has 1 amide bonds. The van der Waals surface area contributed by atoms with Crippen molar-refractivity contribution >= 4 is 11.9 Å². The molecular formula is C15H22N2O4. The monoisotopic (exact) mass is 294 g/mol. The van der Waals surface area contributed by atoms with E-state index in [1.54, 1.807) is 12.1 Å². The van der Waals surface area contributed by atoms with Gasteiger partial charge in [-0.1, -0.05) is 13.8 Å². The molecule has 0 saturated carbocycles. The number of rotatable bonds is 5. The van der Waals surface area contributed by atoms with Crippen molar-refractivity contribution in [3.63, 3.8) is 0 Å². The van der Waals surface area contributed by atoms with Crippen LogP contribution in [0.5, 0.6) is 0 Å². The lowest BCUT2D eigenvalue weighted by molar-refractivity contribution is -0.135. The number of carboxylic acids is 1. The molecule has 1 aliphatic heterocycles. The predicted molar refractivity (Wildman–Crippen MR) is 76.9 cm³/mol. The fourth-order valence-electron chi connectivity index (χ4n) is 2.97. The number of likely N-dealkylation sites (tertiary alicyclic amines) is 1. The van der Waals surface area contributed by atoms with Crippen LogP contribution < -0.4 is 5.32 Å². The van der Waals surface area contributed by atoms with Gasteiger partial charge in [-0.3, -0.25) is 14.5 Å². The Morgan fingerprint density at radius 1 is 1.33 bits per heavy atom. The van der Waals surface area contributed by atoms with Gasteiger partial charge in [-0.2, -0.15) is 0 Å². The van der Waals surface area contributed by atoms with Crippen molar-refractivity contribution in [2.45, 2.75) is 26.8 Å². The molecule has 6 heteroatoms. The summed E-state index contributed by atoms with van der Waals surface area (Å²) >= 11 is 0. The Labute approximate surface area is 124 Å². The quantitative estimate of drug-likeness (QED) is 0.861. The summed E-state index contributed by atoms with van der Waals surface area (Å²) in [5.41, 5.74) is 0.